The zero-order chi connectivity index (χ0) is 24.7. The van der Waals surface area contributed by atoms with Gasteiger partial charge in [-0.1, -0.05) is 51.9 Å². The van der Waals surface area contributed by atoms with E-state index in [0.717, 1.165) is 4.90 Å². The van der Waals surface area contributed by atoms with Gasteiger partial charge >= 0.3 is 11.9 Å². The number of carbonyl (C=O) groups is 2. The Morgan fingerprint density at radius 2 is 1.82 bits per heavy atom. The lowest BCUT2D eigenvalue weighted by Gasteiger charge is -2.31. The van der Waals surface area contributed by atoms with Crippen molar-refractivity contribution < 1.29 is 24.0 Å². The number of esters is 2. The second kappa shape index (κ2) is 11.8. The van der Waals surface area contributed by atoms with Gasteiger partial charge in [0.1, 0.15) is 0 Å². The van der Waals surface area contributed by atoms with Gasteiger partial charge in [-0.15, -0.1) is 0 Å². The number of nitrogens with one attached hydrogen (secondary N) is 1. The maximum atomic E-state index is 13.2. The third-order valence-corrected chi connectivity index (χ3v) is 7.33. The fourth-order valence-corrected chi connectivity index (χ4v) is 5.71. The zero-order valence-electron chi connectivity index (χ0n) is 18.9. The maximum Gasteiger partial charge on any atom is 0.336 e. The van der Waals surface area contributed by atoms with Gasteiger partial charge < -0.3 is 14.8 Å². The van der Waals surface area contributed by atoms with E-state index in [0.29, 0.717) is 22.7 Å². The number of nitro benzene ring substituents is 1. The molecular formula is C24H24N2O6S2. The Morgan fingerprint density at radius 1 is 1.09 bits per heavy atom. The molecule has 0 saturated carbocycles. The number of benzene rings is 2. The summed E-state index contributed by atoms with van der Waals surface area (Å²) in [4.78, 5) is 37.9. The molecule has 1 aliphatic heterocycles. The van der Waals surface area contributed by atoms with Gasteiger partial charge in [0, 0.05) is 34.2 Å². The molecule has 0 spiro atoms. The molecule has 178 valence electrons. The molecule has 1 aliphatic rings. The SMILES string of the molecule is CCOC(=O)C1=C(CSSc2ccccc2)NC(C)=C(C(=O)OC)C1c1cccc([N+](=O)[O-])c1. The smallest absolute Gasteiger partial charge is 0.336 e. The van der Waals surface area contributed by atoms with Gasteiger partial charge in [0.25, 0.3) is 5.69 Å². The Hall–Kier alpha value is -3.24. The first-order valence-electron chi connectivity index (χ1n) is 10.4. The van der Waals surface area contributed by atoms with Crippen molar-refractivity contribution in [3.8, 4) is 0 Å². The monoisotopic (exact) mass is 500 g/mol. The van der Waals surface area contributed by atoms with Crippen molar-refractivity contribution >= 4 is 39.2 Å². The molecule has 8 nitrogen and oxygen atoms in total. The van der Waals surface area contributed by atoms with Crippen LogP contribution in [0.2, 0.25) is 0 Å². The molecule has 0 saturated heterocycles. The highest BCUT2D eigenvalue weighted by Gasteiger charge is 2.39. The van der Waals surface area contributed by atoms with E-state index in [-0.39, 0.29) is 23.4 Å². The van der Waals surface area contributed by atoms with E-state index in [1.54, 1.807) is 30.7 Å². The van der Waals surface area contributed by atoms with Crippen LogP contribution in [0.5, 0.6) is 0 Å². The summed E-state index contributed by atoms with van der Waals surface area (Å²) in [6.07, 6.45) is 0. The third-order valence-electron chi connectivity index (χ3n) is 5.06. The lowest BCUT2D eigenvalue weighted by molar-refractivity contribution is -0.384. The van der Waals surface area contributed by atoms with Gasteiger partial charge in [0.05, 0.1) is 35.7 Å². The number of non-ortho nitro benzene ring substituents is 1. The predicted molar refractivity (Wildman–Crippen MR) is 132 cm³/mol. The number of nitrogens with zero attached hydrogens (tertiary/aromatic N) is 1. The molecule has 0 fully saturated rings. The summed E-state index contributed by atoms with van der Waals surface area (Å²) in [5.74, 6) is -1.70. The van der Waals surface area contributed by atoms with Crippen LogP contribution >= 0.6 is 21.6 Å². The Bertz CT molecular complexity index is 1150. The Labute approximate surface area is 205 Å². The van der Waals surface area contributed by atoms with Gasteiger partial charge in [-0.05, 0) is 31.5 Å². The number of allylic oxidation sites excluding steroid dienone is 1. The van der Waals surface area contributed by atoms with Gasteiger partial charge in [-0.2, -0.15) is 0 Å². The van der Waals surface area contributed by atoms with Gasteiger partial charge in [-0.25, -0.2) is 9.59 Å². The highest BCUT2D eigenvalue weighted by atomic mass is 33.1. The van der Waals surface area contributed by atoms with E-state index in [4.69, 9.17) is 9.47 Å². The van der Waals surface area contributed by atoms with Crippen molar-refractivity contribution in [3.63, 3.8) is 0 Å². The highest BCUT2D eigenvalue weighted by molar-refractivity contribution is 8.76. The van der Waals surface area contributed by atoms with E-state index in [1.807, 2.05) is 30.3 Å². The van der Waals surface area contributed by atoms with Crippen LogP contribution in [0.15, 0.2) is 82.0 Å². The lowest BCUT2D eigenvalue weighted by Crippen LogP contribution is -2.34. The van der Waals surface area contributed by atoms with E-state index in [1.165, 1.54) is 36.1 Å². The Morgan fingerprint density at radius 3 is 2.47 bits per heavy atom. The molecule has 1 heterocycles. The van der Waals surface area contributed by atoms with Crippen LogP contribution < -0.4 is 5.32 Å². The molecule has 1 N–H and O–H groups in total. The number of rotatable bonds is 9. The topological polar surface area (TPSA) is 108 Å². The minimum absolute atomic E-state index is 0.138. The number of hydrogen-bond donors (Lipinski definition) is 1. The van der Waals surface area contributed by atoms with E-state index >= 15 is 0 Å². The minimum Gasteiger partial charge on any atom is -0.466 e. The lowest BCUT2D eigenvalue weighted by atomic mass is 9.80. The summed E-state index contributed by atoms with van der Waals surface area (Å²) in [5.41, 5.74) is 1.81. The first kappa shape index (κ1) is 25.4. The van der Waals surface area contributed by atoms with Crippen molar-refractivity contribution in [1.82, 2.24) is 5.32 Å². The zero-order valence-corrected chi connectivity index (χ0v) is 20.5. The number of carbonyl (C=O) groups excluding carboxylic acids is 2. The van der Waals surface area contributed by atoms with Crippen LogP contribution in [0.3, 0.4) is 0 Å². The minimum atomic E-state index is -0.884. The number of methoxy groups -OCH3 is 1. The van der Waals surface area contributed by atoms with E-state index in [2.05, 4.69) is 5.32 Å². The van der Waals surface area contributed by atoms with Crippen molar-refractivity contribution in [3.05, 3.63) is 92.8 Å². The molecule has 3 rings (SSSR count). The number of ether oxygens (including phenoxy) is 2. The average molecular weight is 501 g/mol. The third kappa shape index (κ3) is 5.81. The van der Waals surface area contributed by atoms with Crippen molar-refractivity contribution in [2.45, 2.75) is 24.7 Å². The molecule has 2 aromatic rings. The number of dihydropyridines is 1. The molecule has 34 heavy (non-hydrogen) atoms. The summed E-state index contributed by atoms with van der Waals surface area (Å²) in [7, 11) is 4.32. The fraction of sp³-hybridized carbons (Fsp3) is 0.250. The fourth-order valence-electron chi connectivity index (χ4n) is 3.62. The molecule has 1 unspecified atom stereocenters. The normalized spacial score (nSPS) is 15.6. The average Bonchev–Trinajstić information content (AvgIpc) is 2.84. The second-order valence-corrected chi connectivity index (χ2v) is 9.58. The molecule has 0 bridgehead atoms. The van der Waals surface area contributed by atoms with Crippen molar-refractivity contribution in [2.75, 3.05) is 19.5 Å². The van der Waals surface area contributed by atoms with Crippen LogP contribution in [-0.2, 0) is 19.1 Å². The van der Waals surface area contributed by atoms with Crippen LogP contribution in [0, 0.1) is 10.1 Å². The van der Waals surface area contributed by atoms with Crippen LogP contribution in [-0.4, -0.2) is 36.3 Å². The van der Waals surface area contributed by atoms with Gasteiger partial charge in [0.15, 0.2) is 0 Å². The summed E-state index contributed by atoms with van der Waals surface area (Å²) < 4.78 is 10.3. The molecule has 0 aliphatic carbocycles. The summed E-state index contributed by atoms with van der Waals surface area (Å²) >= 11 is 0. The standard InChI is InChI=1S/C24H24N2O6S2/c1-4-32-24(28)22-19(14-33-34-18-11-6-5-7-12-18)25-15(2)20(23(27)31-3)21(22)16-9-8-10-17(13-16)26(29)30/h5-13,21,25H,4,14H2,1-3H3. The second-order valence-electron chi connectivity index (χ2n) is 7.21. The first-order valence-corrected chi connectivity index (χ1v) is 12.7. The Kier molecular flexibility index (Phi) is 8.78. The molecule has 0 aromatic heterocycles. The van der Waals surface area contributed by atoms with Crippen LogP contribution in [0.25, 0.3) is 0 Å². The molecule has 1 atom stereocenters. The van der Waals surface area contributed by atoms with Crippen molar-refractivity contribution in [2.24, 2.45) is 0 Å². The Balaban J connectivity index is 2.09. The molecule has 0 amide bonds. The molecule has 2 aromatic carbocycles. The maximum absolute atomic E-state index is 13.2. The quantitative estimate of drug-likeness (QED) is 0.220. The molecule has 0 radical (unpaired) electrons. The number of nitro groups is 1. The molecule has 10 heteroatoms. The van der Waals surface area contributed by atoms with E-state index in [9.17, 15) is 19.7 Å². The molecular weight excluding hydrogens is 476 g/mol. The number of hydrogen-bond acceptors (Lipinski definition) is 9. The first-order chi connectivity index (χ1) is 16.4. The largest absolute Gasteiger partial charge is 0.466 e. The van der Waals surface area contributed by atoms with Gasteiger partial charge in [0.2, 0.25) is 0 Å². The summed E-state index contributed by atoms with van der Waals surface area (Å²) in [6.45, 7) is 3.55. The summed E-state index contributed by atoms with van der Waals surface area (Å²) in [5, 5.41) is 14.6. The van der Waals surface area contributed by atoms with Crippen LogP contribution in [0.4, 0.5) is 5.69 Å². The van der Waals surface area contributed by atoms with Crippen molar-refractivity contribution in [1.29, 1.82) is 0 Å². The summed E-state index contributed by atoms with van der Waals surface area (Å²) in [6, 6.07) is 15.7. The van der Waals surface area contributed by atoms with E-state index < -0.39 is 22.8 Å². The van der Waals surface area contributed by atoms with Crippen LogP contribution in [0.1, 0.15) is 25.3 Å². The highest BCUT2D eigenvalue weighted by Crippen LogP contribution is 2.42. The van der Waals surface area contributed by atoms with Gasteiger partial charge in [-0.3, -0.25) is 10.1 Å². The predicted octanol–water partition coefficient (Wildman–Crippen LogP) is 4.99.